The van der Waals surface area contributed by atoms with Crippen LogP contribution in [-0.4, -0.2) is 32.3 Å². The fourth-order valence-electron chi connectivity index (χ4n) is 2.80. The zero-order valence-corrected chi connectivity index (χ0v) is 12.5. The minimum atomic E-state index is -0.0577. The summed E-state index contributed by atoms with van der Waals surface area (Å²) in [4.78, 5) is 2.40. The van der Waals surface area contributed by atoms with Crippen molar-refractivity contribution in [3.05, 3.63) is 28.8 Å². The highest BCUT2D eigenvalue weighted by Crippen LogP contribution is 2.31. The minimum Gasteiger partial charge on any atom is -0.377 e. The van der Waals surface area contributed by atoms with Crippen molar-refractivity contribution in [1.82, 2.24) is 0 Å². The highest BCUT2D eigenvalue weighted by atomic mass is 35.5. The summed E-state index contributed by atoms with van der Waals surface area (Å²) in [6, 6.07) is 6.09. The highest BCUT2D eigenvalue weighted by molar-refractivity contribution is 6.30. The molecule has 0 spiro atoms. The zero-order chi connectivity index (χ0) is 13.9. The average Bonchev–Trinajstić information content (AvgIpc) is 2.39. The number of nitrogens with two attached hydrogens (primary N) is 1. The first kappa shape index (κ1) is 14.6. The van der Waals surface area contributed by atoms with Gasteiger partial charge in [0.05, 0.1) is 5.60 Å². The number of methoxy groups -OCH3 is 1. The SMILES string of the molecule is COC1(C)CCCN(c2ccc(Cl)cc2CCN)C1. The van der Waals surface area contributed by atoms with Crippen LogP contribution in [0.4, 0.5) is 5.69 Å². The van der Waals surface area contributed by atoms with Gasteiger partial charge in [0.1, 0.15) is 0 Å². The summed E-state index contributed by atoms with van der Waals surface area (Å²) < 4.78 is 5.66. The molecule has 1 atom stereocenters. The van der Waals surface area contributed by atoms with E-state index in [-0.39, 0.29) is 5.60 Å². The fraction of sp³-hybridized carbons (Fsp3) is 0.600. The van der Waals surface area contributed by atoms with E-state index in [1.165, 1.54) is 11.3 Å². The van der Waals surface area contributed by atoms with Crippen LogP contribution >= 0.6 is 11.6 Å². The molecular weight excluding hydrogens is 260 g/mol. The summed E-state index contributed by atoms with van der Waals surface area (Å²) in [5, 5.41) is 0.777. The molecule has 1 aromatic carbocycles. The molecule has 1 heterocycles. The van der Waals surface area contributed by atoms with E-state index in [1.807, 2.05) is 12.1 Å². The van der Waals surface area contributed by atoms with Crippen LogP contribution in [0.15, 0.2) is 18.2 Å². The van der Waals surface area contributed by atoms with E-state index >= 15 is 0 Å². The third-order valence-corrected chi connectivity index (χ3v) is 4.18. The van der Waals surface area contributed by atoms with Crippen LogP contribution in [0.3, 0.4) is 0 Å². The number of halogens is 1. The molecule has 0 aromatic heterocycles. The fourth-order valence-corrected chi connectivity index (χ4v) is 2.99. The van der Waals surface area contributed by atoms with Crippen LogP contribution in [0.1, 0.15) is 25.3 Å². The molecule has 1 aliphatic heterocycles. The molecule has 0 bridgehead atoms. The molecule has 0 radical (unpaired) electrons. The van der Waals surface area contributed by atoms with E-state index in [0.717, 1.165) is 37.4 Å². The predicted molar refractivity (Wildman–Crippen MR) is 81.1 cm³/mol. The molecule has 3 nitrogen and oxygen atoms in total. The van der Waals surface area contributed by atoms with Gasteiger partial charge in [0.2, 0.25) is 0 Å². The van der Waals surface area contributed by atoms with Crippen LogP contribution in [0.25, 0.3) is 0 Å². The molecule has 2 rings (SSSR count). The van der Waals surface area contributed by atoms with E-state index in [9.17, 15) is 0 Å². The van der Waals surface area contributed by atoms with E-state index in [0.29, 0.717) is 6.54 Å². The first-order chi connectivity index (χ1) is 9.08. The number of rotatable bonds is 4. The van der Waals surface area contributed by atoms with Gasteiger partial charge in [-0.3, -0.25) is 0 Å². The summed E-state index contributed by atoms with van der Waals surface area (Å²) in [6.07, 6.45) is 3.12. The van der Waals surface area contributed by atoms with Gasteiger partial charge in [-0.15, -0.1) is 0 Å². The molecule has 1 saturated heterocycles. The van der Waals surface area contributed by atoms with Crippen LogP contribution in [0, 0.1) is 0 Å². The maximum Gasteiger partial charge on any atom is 0.0825 e. The molecule has 4 heteroatoms. The van der Waals surface area contributed by atoms with Crippen LogP contribution in [0.2, 0.25) is 5.02 Å². The molecular formula is C15H23ClN2O. The molecule has 0 amide bonds. The quantitative estimate of drug-likeness (QED) is 0.923. The molecule has 0 saturated carbocycles. The summed E-state index contributed by atoms with van der Waals surface area (Å²) >= 11 is 6.09. The maximum absolute atomic E-state index is 6.09. The second-order valence-electron chi connectivity index (χ2n) is 5.49. The Morgan fingerprint density at radius 1 is 1.47 bits per heavy atom. The molecule has 1 unspecified atom stereocenters. The van der Waals surface area contributed by atoms with Gasteiger partial charge in [0, 0.05) is 30.9 Å². The van der Waals surface area contributed by atoms with Gasteiger partial charge in [-0.05, 0) is 56.5 Å². The Balaban J connectivity index is 2.25. The van der Waals surface area contributed by atoms with Gasteiger partial charge in [0.15, 0.2) is 0 Å². The van der Waals surface area contributed by atoms with Crippen LogP contribution < -0.4 is 10.6 Å². The Hall–Kier alpha value is -0.770. The van der Waals surface area contributed by atoms with Crippen molar-refractivity contribution >= 4 is 17.3 Å². The predicted octanol–water partition coefficient (Wildman–Crippen LogP) is 2.85. The Labute approximate surface area is 120 Å². The largest absolute Gasteiger partial charge is 0.377 e. The summed E-state index contributed by atoms with van der Waals surface area (Å²) in [6.45, 7) is 4.81. The van der Waals surface area contributed by atoms with Gasteiger partial charge in [-0.25, -0.2) is 0 Å². The summed E-state index contributed by atoms with van der Waals surface area (Å²) in [7, 11) is 1.80. The summed E-state index contributed by atoms with van der Waals surface area (Å²) in [5.41, 5.74) is 8.12. The lowest BCUT2D eigenvalue weighted by atomic mass is 9.93. The van der Waals surface area contributed by atoms with Crippen molar-refractivity contribution < 1.29 is 4.74 Å². The smallest absolute Gasteiger partial charge is 0.0825 e. The molecule has 1 aromatic rings. The second kappa shape index (κ2) is 6.12. The maximum atomic E-state index is 6.09. The second-order valence-corrected chi connectivity index (χ2v) is 5.93. The van der Waals surface area contributed by atoms with Crippen LogP contribution in [-0.2, 0) is 11.2 Å². The Kier molecular flexibility index (Phi) is 4.71. The van der Waals surface area contributed by atoms with Crippen molar-refractivity contribution in [2.75, 3.05) is 31.6 Å². The Bertz CT molecular complexity index is 438. The normalized spacial score (nSPS) is 23.7. The molecule has 1 aliphatic rings. The van der Waals surface area contributed by atoms with Crippen molar-refractivity contribution in [2.24, 2.45) is 5.73 Å². The third-order valence-electron chi connectivity index (χ3n) is 3.95. The third kappa shape index (κ3) is 3.41. The zero-order valence-electron chi connectivity index (χ0n) is 11.8. The molecule has 19 heavy (non-hydrogen) atoms. The monoisotopic (exact) mass is 282 g/mol. The number of hydrogen-bond acceptors (Lipinski definition) is 3. The van der Waals surface area contributed by atoms with Gasteiger partial charge >= 0.3 is 0 Å². The number of piperidine rings is 1. The standard InChI is InChI=1S/C15H23ClN2O/c1-15(19-2)7-3-9-18(11-15)14-5-4-13(16)10-12(14)6-8-17/h4-5,10H,3,6-9,11,17H2,1-2H3. The lowest BCUT2D eigenvalue weighted by Crippen LogP contribution is -2.47. The van der Waals surface area contributed by atoms with Crippen molar-refractivity contribution in [3.63, 3.8) is 0 Å². The minimum absolute atomic E-state index is 0.0577. The van der Waals surface area contributed by atoms with E-state index in [1.54, 1.807) is 7.11 Å². The Morgan fingerprint density at radius 3 is 2.95 bits per heavy atom. The number of hydrogen-bond donors (Lipinski definition) is 1. The summed E-state index contributed by atoms with van der Waals surface area (Å²) in [5.74, 6) is 0. The molecule has 2 N–H and O–H groups in total. The van der Waals surface area contributed by atoms with Crippen molar-refractivity contribution in [2.45, 2.75) is 31.8 Å². The van der Waals surface area contributed by atoms with Gasteiger partial charge in [0.25, 0.3) is 0 Å². The number of benzene rings is 1. The Morgan fingerprint density at radius 2 is 2.26 bits per heavy atom. The van der Waals surface area contributed by atoms with E-state index < -0.39 is 0 Å². The number of nitrogens with zero attached hydrogens (tertiary/aromatic N) is 1. The number of anilines is 1. The van der Waals surface area contributed by atoms with Gasteiger partial charge < -0.3 is 15.4 Å². The first-order valence-corrected chi connectivity index (χ1v) is 7.24. The lowest BCUT2D eigenvalue weighted by molar-refractivity contribution is -0.00468. The van der Waals surface area contributed by atoms with Crippen LogP contribution in [0.5, 0.6) is 0 Å². The first-order valence-electron chi connectivity index (χ1n) is 6.86. The topological polar surface area (TPSA) is 38.5 Å². The van der Waals surface area contributed by atoms with Gasteiger partial charge in [-0.2, -0.15) is 0 Å². The van der Waals surface area contributed by atoms with E-state index in [4.69, 9.17) is 22.1 Å². The molecule has 0 aliphatic carbocycles. The molecule has 1 fully saturated rings. The average molecular weight is 283 g/mol. The van der Waals surface area contributed by atoms with Gasteiger partial charge in [-0.1, -0.05) is 11.6 Å². The van der Waals surface area contributed by atoms with Crippen molar-refractivity contribution in [1.29, 1.82) is 0 Å². The molecule has 106 valence electrons. The van der Waals surface area contributed by atoms with Crippen molar-refractivity contribution in [3.8, 4) is 0 Å². The highest BCUT2D eigenvalue weighted by Gasteiger charge is 2.31. The number of ether oxygens (including phenoxy) is 1. The van der Waals surface area contributed by atoms with E-state index in [2.05, 4.69) is 17.9 Å². The lowest BCUT2D eigenvalue weighted by Gasteiger charge is -2.41.